The van der Waals surface area contributed by atoms with Crippen LogP contribution in [-0.2, 0) is 9.53 Å². The molecule has 0 aliphatic carbocycles. The lowest BCUT2D eigenvalue weighted by atomic mass is 9.98. The van der Waals surface area contributed by atoms with Crippen molar-refractivity contribution in [3.05, 3.63) is 0 Å². The normalized spacial score (nSPS) is 26.6. The van der Waals surface area contributed by atoms with Gasteiger partial charge in [0.1, 0.15) is 0 Å². The third-order valence-electron chi connectivity index (χ3n) is 5.59. The minimum absolute atomic E-state index is 0.115. The van der Waals surface area contributed by atoms with Gasteiger partial charge in [0.25, 0.3) is 0 Å². The molecule has 2 aliphatic rings. The van der Waals surface area contributed by atoms with Crippen molar-refractivity contribution >= 4 is 5.91 Å². The summed E-state index contributed by atoms with van der Waals surface area (Å²) in [4.78, 5) is 19.3. The van der Waals surface area contributed by atoms with Crippen LogP contribution in [0.15, 0.2) is 0 Å². The zero-order valence-electron chi connectivity index (χ0n) is 15.9. The summed E-state index contributed by atoms with van der Waals surface area (Å²) in [5.74, 6) is 0.358. The molecule has 0 aromatic rings. The standard InChI is InChI=1S/C18H36N4O2/c1-5-15(4)17(19)18(23)21-8-6-20(7-9-21)12-16-13-22(14(2)3)10-11-24-16/h14-17H,5-13,19H2,1-4H3. The van der Waals surface area contributed by atoms with Crippen molar-refractivity contribution in [3.8, 4) is 0 Å². The van der Waals surface area contributed by atoms with Crippen molar-refractivity contribution in [1.82, 2.24) is 14.7 Å². The highest BCUT2D eigenvalue weighted by molar-refractivity contribution is 5.82. The monoisotopic (exact) mass is 340 g/mol. The molecule has 24 heavy (non-hydrogen) atoms. The molecule has 2 aliphatic heterocycles. The second-order valence-electron chi connectivity index (χ2n) is 7.62. The van der Waals surface area contributed by atoms with Crippen molar-refractivity contribution < 1.29 is 9.53 Å². The predicted octanol–water partition coefficient (Wildman–Crippen LogP) is 0.613. The van der Waals surface area contributed by atoms with Crippen LogP contribution in [0.1, 0.15) is 34.1 Å². The van der Waals surface area contributed by atoms with Crippen molar-refractivity contribution in [2.45, 2.75) is 52.3 Å². The molecule has 0 spiro atoms. The number of carbonyl (C=O) groups is 1. The van der Waals surface area contributed by atoms with Crippen molar-refractivity contribution in [1.29, 1.82) is 0 Å². The van der Waals surface area contributed by atoms with E-state index in [-0.39, 0.29) is 24.0 Å². The average molecular weight is 341 g/mol. The Morgan fingerprint density at radius 2 is 1.83 bits per heavy atom. The highest BCUT2D eigenvalue weighted by Gasteiger charge is 2.30. The predicted molar refractivity (Wildman–Crippen MR) is 96.9 cm³/mol. The first-order valence-corrected chi connectivity index (χ1v) is 9.54. The molecule has 0 bridgehead atoms. The fraction of sp³-hybridized carbons (Fsp3) is 0.944. The Morgan fingerprint density at radius 3 is 2.42 bits per heavy atom. The van der Waals surface area contributed by atoms with Crippen LogP contribution in [0.3, 0.4) is 0 Å². The zero-order chi connectivity index (χ0) is 17.7. The second kappa shape index (κ2) is 9.13. The van der Waals surface area contributed by atoms with Gasteiger partial charge >= 0.3 is 0 Å². The maximum atomic E-state index is 12.5. The van der Waals surface area contributed by atoms with Gasteiger partial charge in [0, 0.05) is 51.9 Å². The van der Waals surface area contributed by atoms with E-state index in [2.05, 4.69) is 37.5 Å². The first kappa shape index (κ1) is 19.6. The van der Waals surface area contributed by atoms with E-state index in [9.17, 15) is 4.79 Å². The molecule has 6 nitrogen and oxygen atoms in total. The van der Waals surface area contributed by atoms with Crippen molar-refractivity contribution in [2.24, 2.45) is 11.7 Å². The summed E-state index contributed by atoms with van der Waals surface area (Å²) < 4.78 is 5.94. The molecule has 6 heteroatoms. The lowest BCUT2D eigenvalue weighted by Gasteiger charge is -2.40. The molecule has 2 saturated heterocycles. The minimum atomic E-state index is -0.358. The maximum absolute atomic E-state index is 12.5. The number of morpholine rings is 1. The summed E-state index contributed by atoms with van der Waals surface area (Å²) in [5, 5.41) is 0. The Hall–Kier alpha value is -0.690. The number of piperazine rings is 1. The highest BCUT2D eigenvalue weighted by atomic mass is 16.5. The van der Waals surface area contributed by atoms with Crippen LogP contribution in [-0.4, -0.2) is 91.2 Å². The minimum Gasteiger partial charge on any atom is -0.374 e. The van der Waals surface area contributed by atoms with E-state index in [0.717, 1.165) is 58.8 Å². The number of nitrogens with two attached hydrogens (primary N) is 1. The second-order valence-corrected chi connectivity index (χ2v) is 7.62. The van der Waals surface area contributed by atoms with E-state index < -0.39 is 0 Å². The van der Waals surface area contributed by atoms with E-state index >= 15 is 0 Å². The van der Waals surface area contributed by atoms with Gasteiger partial charge in [0.2, 0.25) is 5.91 Å². The van der Waals surface area contributed by atoms with Gasteiger partial charge in [0.05, 0.1) is 18.8 Å². The zero-order valence-corrected chi connectivity index (χ0v) is 15.9. The molecule has 140 valence electrons. The quantitative estimate of drug-likeness (QED) is 0.768. The highest BCUT2D eigenvalue weighted by Crippen LogP contribution is 2.13. The molecule has 2 N–H and O–H groups in total. The fourth-order valence-corrected chi connectivity index (χ4v) is 3.47. The van der Waals surface area contributed by atoms with E-state index in [1.165, 1.54) is 0 Å². The van der Waals surface area contributed by atoms with Gasteiger partial charge in [-0.3, -0.25) is 14.6 Å². The van der Waals surface area contributed by atoms with E-state index in [4.69, 9.17) is 10.5 Å². The molecule has 2 heterocycles. The number of ether oxygens (including phenoxy) is 1. The van der Waals surface area contributed by atoms with Crippen LogP contribution in [0, 0.1) is 5.92 Å². The van der Waals surface area contributed by atoms with Gasteiger partial charge in [-0.15, -0.1) is 0 Å². The Balaban J connectivity index is 1.75. The van der Waals surface area contributed by atoms with Crippen molar-refractivity contribution in [3.63, 3.8) is 0 Å². The third-order valence-corrected chi connectivity index (χ3v) is 5.59. The average Bonchev–Trinajstić information content (AvgIpc) is 2.60. The van der Waals surface area contributed by atoms with Crippen LogP contribution in [0.4, 0.5) is 0 Å². The largest absolute Gasteiger partial charge is 0.374 e. The lowest BCUT2D eigenvalue weighted by molar-refractivity contribution is -0.136. The topological polar surface area (TPSA) is 62.0 Å². The van der Waals surface area contributed by atoms with Crippen LogP contribution in [0.25, 0.3) is 0 Å². The molecule has 3 atom stereocenters. The molecule has 0 saturated carbocycles. The van der Waals surface area contributed by atoms with Crippen LogP contribution >= 0.6 is 0 Å². The number of rotatable bonds is 6. The van der Waals surface area contributed by atoms with Crippen molar-refractivity contribution in [2.75, 3.05) is 52.4 Å². The maximum Gasteiger partial charge on any atom is 0.239 e. The molecule has 1 amide bonds. The van der Waals surface area contributed by atoms with Gasteiger partial charge in [-0.2, -0.15) is 0 Å². The summed E-state index contributed by atoms with van der Waals surface area (Å²) in [7, 11) is 0. The molecule has 3 unspecified atom stereocenters. The Kier molecular flexibility index (Phi) is 7.47. The Morgan fingerprint density at radius 1 is 1.17 bits per heavy atom. The van der Waals surface area contributed by atoms with E-state index in [1.54, 1.807) is 0 Å². The smallest absolute Gasteiger partial charge is 0.239 e. The fourth-order valence-electron chi connectivity index (χ4n) is 3.47. The molecular formula is C18H36N4O2. The summed E-state index contributed by atoms with van der Waals surface area (Å²) in [6.07, 6.45) is 1.23. The summed E-state index contributed by atoms with van der Waals surface area (Å²) in [6, 6.07) is 0.218. The molecule has 2 fully saturated rings. The number of amides is 1. The lowest BCUT2D eigenvalue weighted by Crippen LogP contribution is -2.56. The first-order valence-electron chi connectivity index (χ1n) is 9.54. The molecule has 2 rings (SSSR count). The van der Waals surface area contributed by atoms with E-state index in [1.807, 2.05) is 4.90 Å². The summed E-state index contributed by atoms with van der Waals surface area (Å²) in [5.41, 5.74) is 6.10. The van der Waals surface area contributed by atoms with Gasteiger partial charge in [-0.1, -0.05) is 20.3 Å². The SMILES string of the molecule is CCC(C)C(N)C(=O)N1CCN(CC2CN(C(C)C)CCO2)CC1. The van der Waals surface area contributed by atoms with Crippen LogP contribution in [0.5, 0.6) is 0 Å². The number of carbonyl (C=O) groups excluding carboxylic acids is 1. The van der Waals surface area contributed by atoms with Crippen LogP contribution < -0.4 is 5.73 Å². The number of hydrogen-bond acceptors (Lipinski definition) is 5. The first-order chi connectivity index (χ1) is 11.4. The number of hydrogen-bond donors (Lipinski definition) is 1. The van der Waals surface area contributed by atoms with Gasteiger partial charge < -0.3 is 15.4 Å². The summed E-state index contributed by atoms with van der Waals surface area (Å²) in [6.45, 7) is 15.8. The summed E-state index contributed by atoms with van der Waals surface area (Å²) >= 11 is 0. The molecular weight excluding hydrogens is 304 g/mol. The van der Waals surface area contributed by atoms with Gasteiger partial charge in [-0.05, 0) is 19.8 Å². The Labute approximate surface area is 147 Å². The van der Waals surface area contributed by atoms with Gasteiger partial charge in [0.15, 0.2) is 0 Å². The Bertz CT molecular complexity index is 396. The van der Waals surface area contributed by atoms with E-state index in [0.29, 0.717) is 6.04 Å². The molecule has 0 aromatic carbocycles. The number of nitrogens with zero attached hydrogens (tertiary/aromatic N) is 3. The molecule has 0 radical (unpaired) electrons. The van der Waals surface area contributed by atoms with Crippen LogP contribution in [0.2, 0.25) is 0 Å². The third kappa shape index (κ3) is 5.15. The van der Waals surface area contributed by atoms with Gasteiger partial charge in [-0.25, -0.2) is 0 Å². The molecule has 0 aromatic heterocycles.